The molecular formula is C21H18ClNO5. The number of esters is 3. The van der Waals surface area contributed by atoms with E-state index in [-0.39, 0.29) is 6.42 Å². The van der Waals surface area contributed by atoms with Gasteiger partial charge in [0.2, 0.25) is 0 Å². The lowest BCUT2D eigenvalue weighted by atomic mass is 9.76. The molecule has 0 saturated carbocycles. The highest BCUT2D eigenvalue weighted by Gasteiger charge is 2.68. The number of methoxy groups -OCH3 is 1. The van der Waals surface area contributed by atoms with Crippen LogP contribution in [0.2, 0.25) is 5.02 Å². The summed E-state index contributed by atoms with van der Waals surface area (Å²) in [6, 6.07) is 15.6. The zero-order valence-corrected chi connectivity index (χ0v) is 15.8. The number of hydrogen-bond acceptors (Lipinski definition) is 6. The van der Waals surface area contributed by atoms with Gasteiger partial charge in [0.05, 0.1) is 13.0 Å². The van der Waals surface area contributed by atoms with Crippen molar-refractivity contribution in [2.75, 3.05) is 7.11 Å². The summed E-state index contributed by atoms with van der Waals surface area (Å²) in [4.78, 5) is 38.1. The molecule has 1 N–H and O–H groups in total. The van der Waals surface area contributed by atoms with E-state index in [1.165, 1.54) is 7.11 Å². The molecule has 4 rings (SSSR count). The van der Waals surface area contributed by atoms with E-state index < -0.39 is 41.3 Å². The number of hydrogen-bond donors (Lipinski definition) is 1. The van der Waals surface area contributed by atoms with Crippen molar-refractivity contribution in [1.29, 1.82) is 0 Å². The van der Waals surface area contributed by atoms with Gasteiger partial charge in [0.1, 0.15) is 11.5 Å². The molecule has 6 nitrogen and oxygen atoms in total. The average Bonchev–Trinajstić information content (AvgIpc) is 3.20. The summed E-state index contributed by atoms with van der Waals surface area (Å²) in [5.41, 5.74) is 0.168. The first-order valence-corrected chi connectivity index (χ1v) is 9.25. The molecule has 144 valence electrons. The van der Waals surface area contributed by atoms with Crippen LogP contribution in [-0.2, 0) is 30.3 Å². The largest absolute Gasteiger partial charge is 0.468 e. The summed E-state index contributed by atoms with van der Waals surface area (Å²) in [5, 5.41) is 3.81. The van der Waals surface area contributed by atoms with Crippen LogP contribution in [0.3, 0.4) is 0 Å². The van der Waals surface area contributed by atoms with Gasteiger partial charge in [-0.15, -0.1) is 0 Å². The molecule has 2 aromatic rings. The van der Waals surface area contributed by atoms with E-state index in [9.17, 15) is 14.4 Å². The van der Waals surface area contributed by atoms with E-state index in [4.69, 9.17) is 21.1 Å². The summed E-state index contributed by atoms with van der Waals surface area (Å²) in [7, 11) is 1.27. The number of halogens is 1. The zero-order valence-electron chi connectivity index (χ0n) is 15.1. The molecular weight excluding hydrogens is 382 g/mol. The third kappa shape index (κ3) is 2.89. The van der Waals surface area contributed by atoms with E-state index in [1.54, 1.807) is 24.3 Å². The SMILES string of the molecule is COC(=O)[C@@]1(Cc2ccccc2)N[C@@H](c2ccc(Cl)cc2)[C@H]2C(=O)OC(=O)[C@@H]21. The monoisotopic (exact) mass is 399 g/mol. The van der Waals surface area contributed by atoms with Crippen molar-refractivity contribution in [1.82, 2.24) is 5.32 Å². The third-order valence-electron chi connectivity index (χ3n) is 5.49. The average molecular weight is 400 g/mol. The molecule has 0 bridgehead atoms. The molecule has 0 unspecified atom stereocenters. The second kappa shape index (κ2) is 7.04. The van der Waals surface area contributed by atoms with Gasteiger partial charge in [0.25, 0.3) is 0 Å². The van der Waals surface area contributed by atoms with Crippen molar-refractivity contribution in [3.63, 3.8) is 0 Å². The number of carbonyl (C=O) groups is 3. The third-order valence-corrected chi connectivity index (χ3v) is 5.75. The van der Waals surface area contributed by atoms with Gasteiger partial charge in [0, 0.05) is 17.5 Å². The lowest BCUT2D eigenvalue weighted by Crippen LogP contribution is -2.56. The maximum atomic E-state index is 12.9. The van der Waals surface area contributed by atoms with Crippen LogP contribution in [0.25, 0.3) is 0 Å². The predicted octanol–water partition coefficient (Wildman–Crippen LogP) is 2.45. The zero-order chi connectivity index (χ0) is 19.9. The molecule has 2 heterocycles. The topological polar surface area (TPSA) is 81.7 Å². The van der Waals surface area contributed by atoms with Crippen molar-refractivity contribution >= 4 is 29.5 Å². The molecule has 0 aromatic heterocycles. The Balaban J connectivity index is 1.83. The number of ether oxygens (including phenoxy) is 2. The number of benzene rings is 2. The Bertz CT molecular complexity index is 930. The molecule has 7 heteroatoms. The molecule has 2 fully saturated rings. The highest BCUT2D eigenvalue weighted by atomic mass is 35.5. The quantitative estimate of drug-likeness (QED) is 0.628. The van der Waals surface area contributed by atoms with E-state index in [2.05, 4.69) is 5.32 Å². The van der Waals surface area contributed by atoms with Gasteiger partial charge in [-0.25, -0.2) is 0 Å². The molecule has 2 aliphatic heterocycles. The molecule has 4 atom stereocenters. The Labute approximate surface area is 166 Å². The van der Waals surface area contributed by atoms with E-state index in [0.29, 0.717) is 5.02 Å². The maximum absolute atomic E-state index is 12.9. The number of cyclic esters (lactones) is 2. The smallest absolute Gasteiger partial charge is 0.327 e. The minimum Gasteiger partial charge on any atom is -0.468 e. The number of rotatable bonds is 4. The number of nitrogens with one attached hydrogen (secondary N) is 1. The van der Waals surface area contributed by atoms with Gasteiger partial charge in [0.15, 0.2) is 0 Å². The Morgan fingerprint density at radius 1 is 1.11 bits per heavy atom. The summed E-state index contributed by atoms with van der Waals surface area (Å²) in [6.07, 6.45) is 0.189. The second-order valence-corrected chi connectivity index (χ2v) is 7.48. The van der Waals surface area contributed by atoms with E-state index in [1.807, 2.05) is 30.3 Å². The summed E-state index contributed by atoms with van der Waals surface area (Å²) in [5.74, 6) is -3.75. The fourth-order valence-electron chi connectivity index (χ4n) is 4.29. The number of fused-ring (bicyclic) bond motifs is 1. The minimum atomic E-state index is -1.41. The normalized spacial score (nSPS) is 28.7. The van der Waals surface area contributed by atoms with Crippen LogP contribution in [0.5, 0.6) is 0 Å². The summed E-state index contributed by atoms with van der Waals surface area (Å²) >= 11 is 5.98. The predicted molar refractivity (Wildman–Crippen MR) is 100 cm³/mol. The fraction of sp³-hybridized carbons (Fsp3) is 0.286. The first kappa shape index (κ1) is 18.7. The van der Waals surface area contributed by atoms with Gasteiger partial charge < -0.3 is 9.47 Å². The van der Waals surface area contributed by atoms with E-state index in [0.717, 1.165) is 11.1 Å². The minimum absolute atomic E-state index is 0.189. The van der Waals surface area contributed by atoms with Gasteiger partial charge in [-0.05, 0) is 23.3 Å². The van der Waals surface area contributed by atoms with Crippen molar-refractivity contribution in [3.05, 3.63) is 70.7 Å². The van der Waals surface area contributed by atoms with Crippen LogP contribution in [0, 0.1) is 11.8 Å². The highest BCUT2D eigenvalue weighted by Crippen LogP contribution is 2.49. The Morgan fingerprint density at radius 2 is 1.79 bits per heavy atom. The van der Waals surface area contributed by atoms with Crippen LogP contribution in [-0.4, -0.2) is 30.6 Å². The maximum Gasteiger partial charge on any atom is 0.327 e. The second-order valence-electron chi connectivity index (χ2n) is 7.04. The van der Waals surface area contributed by atoms with E-state index >= 15 is 0 Å². The number of carbonyl (C=O) groups excluding carboxylic acids is 3. The lowest BCUT2D eigenvalue weighted by molar-refractivity contribution is -0.160. The lowest BCUT2D eigenvalue weighted by Gasteiger charge is -2.31. The van der Waals surface area contributed by atoms with Crippen molar-refractivity contribution in [3.8, 4) is 0 Å². The summed E-state index contributed by atoms with van der Waals surface area (Å²) in [6.45, 7) is 0. The van der Waals surface area contributed by atoms with Gasteiger partial charge in [-0.1, -0.05) is 54.1 Å². The summed E-state index contributed by atoms with van der Waals surface area (Å²) < 4.78 is 10.0. The Morgan fingerprint density at radius 3 is 2.43 bits per heavy atom. The standard InChI is InChI=1S/C21H18ClNO5/c1-27-20(26)21(11-12-5-3-2-4-6-12)16-15(18(24)28-19(16)25)17(23-21)13-7-9-14(22)10-8-13/h2-10,15-17,23H,11H2,1H3/t15-,16+,17-,21-/m0/s1. The van der Waals surface area contributed by atoms with Crippen LogP contribution >= 0.6 is 11.6 Å². The molecule has 0 amide bonds. The van der Waals surface area contributed by atoms with Crippen molar-refractivity contribution in [2.45, 2.75) is 18.0 Å². The molecule has 2 aliphatic rings. The highest BCUT2D eigenvalue weighted by molar-refractivity contribution is 6.30. The van der Waals surface area contributed by atoms with Crippen LogP contribution in [0.15, 0.2) is 54.6 Å². The van der Waals surface area contributed by atoms with Gasteiger partial charge >= 0.3 is 17.9 Å². The molecule has 0 aliphatic carbocycles. The first-order chi connectivity index (χ1) is 13.5. The van der Waals surface area contributed by atoms with Gasteiger partial charge in [-0.2, -0.15) is 0 Å². The molecule has 2 saturated heterocycles. The molecule has 0 radical (unpaired) electrons. The molecule has 28 heavy (non-hydrogen) atoms. The first-order valence-electron chi connectivity index (χ1n) is 8.87. The van der Waals surface area contributed by atoms with Crippen molar-refractivity contribution < 1.29 is 23.9 Å². The molecule has 2 aromatic carbocycles. The van der Waals surface area contributed by atoms with Crippen LogP contribution in [0.4, 0.5) is 0 Å². The van der Waals surface area contributed by atoms with Crippen molar-refractivity contribution in [2.24, 2.45) is 11.8 Å². The Kier molecular flexibility index (Phi) is 4.69. The Hall–Kier alpha value is -2.70. The van der Waals surface area contributed by atoms with Crippen LogP contribution in [0.1, 0.15) is 17.2 Å². The van der Waals surface area contributed by atoms with Gasteiger partial charge in [-0.3, -0.25) is 19.7 Å². The fourth-order valence-corrected chi connectivity index (χ4v) is 4.41. The molecule has 0 spiro atoms. The van der Waals surface area contributed by atoms with Crippen LogP contribution < -0.4 is 5.32 Å².